The predicted molar refractivity (Wildman–Crippen MR) is 94.2 cm³/mol. The molecule has 134 valence electrons. The maximum atomic E-state index is 11.7. The topological polar surface area (TPSA) is 52.5 Å². The van der Waals surface area contributed by atoms with E-state index in [9.17, 15) is 4.79 Å². The van der Waals surface area contributed by atoms with Gasteiger partial charge < -0.3 is 19.4 Å². The summed E-state index contributed by atoms with van der Waals surface area (Å²) in [5, 5.41) is 3.75. The molecule has 1 aliphatic heterocycles. The van der Waals surface area contributed by atoms with Gasteiger partial charge in [-0.15, -0.1) is 0 Å². The number of hydrogen-bond donors (Lipinski definition) is 1. The highest BCUT2D eigenvalue weighted by Crippen LogP contribution is 2.50. The first-order valence-corrected chi connectivity index (χ1v) is 9.34. The average molecular weight is 334 g/mol. The van der Waals surface area contributed by atoms with Gasteiger partial charge in [0.15, 0.2) is 0 Å². The van der Waals surface area contributed by atoms with E-state index < -0.39 is 0 Å². The minimum absolute atomic E-state index is 0.0881. The molecule has 2 unspecified atom stereocenters. The number of aromatic nitrogens is 1. The van der Waals surface area contributed by atoms with Gasteiger partial charge >= 0.3 is 0 Å². The van der Waals surface area contributed by atoms with Crippen molar-refractivity contribution in [2.75, 3.05) is 26.4 Å². The Morgan fingerprint density at radius 1 is 1.33 bits per heavy atom. The van der Waals surface area contributed by atoms with Crippen molar-refractivity contribution in [3.05, 3.63) is 34.7 Å². The van der Waals surface area contributed by atoms with Gasteiger partial charge in [-0.25, -0.2) is 0 Å². The van der Waals surface area contributed by atoms with Gasteiger partial charge in [0.25, 0.3) is 0 Å². The van der Waals surface area contributed by atoms with Crippen molar-refractivity contribution in [3.63, 3.8) is 0 Å². The molecule has 2 fully saturated rings. The van der Waals surface area contributed by atoms with Crippen molar-refractivity contribution in [2.45, 2.75) is 57.7 Å². The highest BCUT2D eigenvalue weighted by Gasteiger charge is 2.55. The molecule has 0 aromatic carbocycles. The molecule has 5 nitrogen and oxygen atoms in total. The first-order chi connectivity index (χ1) is 11.8. The minimum Gasteiger partial charge on any atom is -0.381 e. The Hall–Kier alpha value is -1.17. The number of nitrogens with one attached hydrogen (secondary N) is 1. The molecule has 2 aliphatic rings. The van der Waals surface area contributed by atoms with Gasteiger partial charge in [0, 0.05) is 50.1 Å². The summed E-state index contributed by atoms with van der Waals surface area (Å²) in [5.74, 6) is 0. The Morgan fingerprint density at radius 3 is 2.92 bits per heavy atom. The van der Waals surface area contributed by atoms with E-state index in [-0.39, 0.29) is 11.0 Å². The lowest BCUT2D eigenvalue weighted by atomic mass is 9.57. The van der Waals surface area contributed by atoms with Crippen LogP contribution in [0.1, 0.15) is 39.0 Å². The van der Waals surface area contributed by atoms with Gasteiger partial charge in [0.05, 0.1) is 6.10 Å². The number of hydrogen-bond acceptors (Lipinski definition) is 4. The maximum Gasteiger partial charge on any atom is 0.250 e. The van der Waals surface area contributed by atoms with E-state index in [0.29, 0.717) is 12.1 Å². The zero-order chi connectivity index (χ0) is 16.8. The van der Waals surface area contributed by atoms with Crippen molar-refractivity contribution in [1.29, 1.82) is 0 Å². The van der Waals surface area contributed by atoms with Crippen LogP contribution in [0.4, 0.5) is 0 Å². The lowest BCUT2D eigenvalue weighted by molar-refractivity contribution is -0.172. The van der Waals surface area contributed by atoms with Gasteiger partial charge in [-0.3, -0.25) is 4.79 Å². The van der Waals surface area contributed by atoms with Crippen molar-refractivity contribution < 1.29 is 9.47 Å². The average Bonchev–Trinajstić information content (AvgIpc) is 2.62. The number of pyridine rings is 1. The molecule has 0 amide bonds. The van der Waals surface area contributed by atoms with Crippen molar-refractivity contribution >= 4 is 0 Å². The van der Waals surface area contributed by atoms with Crippen LogP contribution in [0.5, 0.6) is 0 Å². The lowest BCUT2D eigenvalue weighted by Gasteiger charge is -2.57. The largest absolute Gasteiger partial charge is 0.381 e. The molecule has 2 heterocycles. The SMILES string of the molecule is CCOC1CC(NCCCCn2ccccc2=O)C12CCOCC2. The standard InChI is InChI=1S/C19H30N2O3/c1-2-24-17-15-16(19(17)8-13-23-14-9-19)20-10-4-6-12-21-11-5-3-7-18(21)22/h3,5,7,11,16-17,20H,2,4,6,8-10,12-15H2,1H3. The summed E-state index contributed by atoms with van der Waals surface area (Å²) in [6.07, 6.45) is 7.70. The second kappa shape index (κ2) is 8.28. The Bertz CT molecular complexity index is 566. The zero-order valence-corrected chi connectivity index (χ0v) is 14.7. The number of rotatable bonds is 8. The molecule has 5 heteroatoms. The van der Waals surface area contributed by atoms with Gasteiger partial charge in [0.1, 0.15) is 0 Å². The fourth-order valence-corrected chi connectivity index (χ4v) is 4.22. The van der Waals surface area contributed by atoms with Crippen LogP contribution in [0.2, 0.25) is 0 Å². The predicted octanol–water partition coefficient (Wildman–Crippen LogP) is 2.19. The summed E-state index contributed by atoms with van der Waals surface area (Å²) < 4.78 is 13.3. The molecule has 1 spiro atoms. The first-order valence-electron chi connectivity index (χ1n) is 9.34. The quantitative estimate of drug-likeness (QED) is 0.741. The molecule has 24 heavy (non-hydrogen) atoms. The highest BCUT2D eigenvalue weighted by atomic mass is 16.5. The van der Waals surface area contributed by atoms with Crippen LogP contribution >= 0.6 is 0 Å². The fourth-order valence-electron chi connectivity index (χ4n) is 4.22. The third-order valence-electron chi connectivity index (χ3n) is 5.69. The summed E-state index contributed by atoms with van der Waals surface area (Å²) >= 11 is 0. The summed E-state index contributed by atoms with van der Waals surface area (Å²) in [7, 11) is 0. The van der Waals surface area contributed by atoms with Gasteiger partial charge in [0.2, 0.25) is 5.56 Å². The van der Waals surface area contributed by atoms with E-state index in [1.54, 1.807) is 16.7 Å². The Morgan fingerprint density at radius 2 is 2.17 bits per heavy atom. The smallest absolute Gasteiger partial charge is 0.250 e. The normalized spacial score (nSPS) is 25.5. The van der Waals surface area contributed by atoms with Crippen molar-refractivity contribution in [2.24, 2.45) is 5.41 Å². The highest BCUT2D eigenvalue weighted by molar-refractivity contribution is 5.08. The van der Waals surface area contributed by atoms with Crippen LogP contribution < -0.4 is 10.9 Å². The summed E-state index contributed by atoms with van der Waals surface area (Å²) in [4.78, 5) is 11.7. The van der Waals surface area contributed by atoms with Crippen LogP contribution in [0.15, 0.2) is 29.2 Å². The molecule has 1 aliphatic carbocycles. The molecule has 1 saturated carbocycles. The third kappa shape index (κ3) is 3.73. The van der Waals surface area contributed by atoms with Crippen LogP contribution in [0.25, 0.3) is 0 Å². The molecule has 3 rings (SSSR count). The number of unbranched alkanes of at least 4 members (excludes halogenated alkanes) is 1. The Labute approximate surface area is 144 Å². The molecule has 1 aromatic rings. The fraction of sp³-hybridized carbons (Fsp3) is 0.737. The second-order valence-electron chi connectivity index (χ2n) is 6.97. The van der Waals surface area contributed by atoms with Crippen LogP contribution in [0, 0.1) is 5.41 Å². The van der Waals surface area contributed by atoms with Crippen LogP contribution in [-0.2, 0) is 16.0 Å². The molecule has 1 N–H and O–H groups in total. The maximum absolute atomic E-state index is 11.7. The van der Waals surface area contributed by atoms with E-state index in [1.165, 1.54) is 0 Å². The third-order valence-corrected chi connectivity index (χ3v) is 5.69. The summed E-state index contributed by atoms with van der Waals surface area (Å²) in [5.41, 5.74) is 0.370. The van der Waals surface area contributed by atoms with Crippen molar-refractivity contribution in [1.82, 2.24) is 9.88 Å². The van der Waals surface area contributed by atoms with E-state index in [2.05, 4.69) is 12.2 Å². The monoisotopic (exact) mass is 334 g/mol. The molecule has 2 atom stereocenters. The zero-order valence-electron chi connectivity index (χ0n) is 14.7. The van der Waals surface area contributed by atoms with Gasteiger partial charge in [-0.1, -0.05) is 6.07 Å². The lowest BCUT2D eigenvalue weighted by Crippen LogP contribution is -2.65. The first kappa shape index (κ1) is 17.6. The van der Waals surface area contributed by atoms with Crippen LogP contribution in [0.3, 0.4) is 0 Å². The van der Waals surface area contributed by atoms with Gasteiger partial charge in [-0.05, 0) is 51.6 Å². The number of aryl methyl sites for hydroxylation is 1. The van der Waals surface area contributed by atoms with E-state index in [0.717, 1.165) is 65.0 Å². The molecule has 1 aromatic heterocycles. The van der Waals surface area contributed by atoms with E-state index >= 15 is 0 Å². The Balaban J connectivity index is 1.41. The molecule has 0 bridgehead atoms. The molecular weight excluding hydrogens is 304 g/mol. The van der Waals surface area contributed by atoms with Crippen molar-refractivity contribution in [3.8, 4) is 0 Å². The Kier molecular flexibility index (Phi) is 6.09. The number of nitrogens with zero attached hydrogens (tertiary/aromatic N) is 1. The second-order valence-corrected chi connectivity index (χ2v) is 6.97. The van der Waals surface area contributed by atoms with Crippen LogP contribution in [-0.4, -0.2) is 43.1 Å². The molecule has 1 saturated heterocycles. The van der Waals surface area contributed by atoms with E-state index in [4.69, 9.17) is 9.47 Å². The summed E-state index contributed by atoms with van der Waals surface area (Å²) in [6.45, 7) is 6.41. The minimum atomic E-state index is 0.0881. The number of ether oxygens (including phenoxy) is 2. The molecular formula is C19H30N2O3. The molecule has 0 radical (unpaired) electrons. The van der Waals surface area contributed by atoms with Gasteiger partial charge in [-0.2, -0.15) is 0 Å². The van der Waals surface area contributed by atoms with E-state index in [1.807, 2.05) is 12.3 Å². The summed E-state index contributed by atoms with van der Waals surface area (Å²) in [6, 6.07) is 5.88.